The number of nitrogens with one attached hydrogen (secondary N) is 1. The van der Waals surface area contributed by atoms with Crippen LogP contribution in [0.2, 0.25) is 0 Å². The lowest BCUT2D eigenvalue weighted by atomic mass is 10.1. The lowest BCUT2D eigenvalue weighted by molar-refractivity contribution is 0.0950. The number of aryl methyl sites for hydroxylation is 1. The largest absolute Gasteiger partial charge is 0.292 e. The zero-order valence-electron chi connectivity index (χ0n) is 12.7. The van der Waals surface area contributed by atoms with Crippen LogP contribution in [0.4, 0.5) is 0 Å². The summed E-state index contributed by atoms with van der Waals surface area (Å²) in [7, 11) is 1.51. The second kappa shape index (κ2) is 6.76. The molecule has 0 saturated heterocycles. The highest BCUT2D eigenvalue weighted by Crippen LogP contribution is 2.13. The Labute approximate surface area is 145 Å². The molecule has 2 aromatic carbocycles. The predicted octanol–water partition coefficient (Wildman–Crippen LogP) is 2.46. The molecule has 0 saturated carbocycles. The zero-order valence-corrected chi connectivity index (χ0v) is 14.3. The van der Waals surface area contributed by atoms with Crippen molar-refractivity contribution in [2.24, 2.45) is 12.1 Å². The van der Waals surface area contributed by atoms with Crippen LogP contribution in [0.5, 0.6) is 0 Å². The highest BCUT2D eigenvalue weighted by Gasteiger charge is 2.14. The van der Waals surface area contributed by atoms with E-state index in [2.05, 4.69) is 31.6 Å². The zero-order chi connectivity index (χ0) is 17.1. The topological polar surface area (TPSA) is 76.3 Å². The fraction of sp³-hybridized carbons (Fsp3) is 0.0588. The third kappa shape index (κ3) is 3.26. The summed E-state index contributed by atoms with van der Waals surface area (Å²) < 4.78 is 2.11. The monoisotopic (exact) mass is 384 g/mol. The third-order valence-electron chi connectivity index (χ3n) is 3.42. The molecule has 7 heteroatoms. The first-order valence-electron chi connectivity index (χ1n) is 7.11. The van der Waals surface area contributed by atoms with Gasteiger partial charge in [0.1, 0.15) is 0 Å². The van der Waals surface area contributed by atoms with Crippen LogP contribution in [0, 0.1) is 0 Å². The van der Waals surface area contributed by atoms with Crippen molar-refractivity contribution in [3.63, 3.8) is 0 Å². The van der Waals surface area contributed by atoms with Crippen molar-refractivity contribution in [1.82, 2.24) is 15.2 Å². The Kier molecular flexibility index (Phi) is 4.52. The Morgan fingerprint density at radius 3 is 2.54 bits per heavy atom. The Hall–Kier alpha value is -2.80. The van der Waals surface area contributed by atoms with Gasteiger partial charge in [0, 0.05) is 16.9 Å². The molecule has 0 radical (unpaired) electrons. The van der Waals surface area contributed by atoms with Gasteiger partial charge in [-0.25, -0.2) is 10.1 Å². The molecule has 0 fully saturated rings. The van der Waals surface area contributed by atoms with Crippen LogP contribution < -0.4 is 11.0 Å². The summed E-state index contributed by atoms with van der Waals surface area (Å²) >= 11 is 3.35. The van der Waals surface area contributed by atoms with Gasteiger partial charge in [-0.1, -0.05) is 46.3 Å². The molecule has 0 aliphatic rings. The van der Waals surface area contributed by atoms with Crippen molar-refractivity contribution in [1.29, 1.82) is 0 Å². The first-order valence-corrected chi connectivity index (χ1v) is 7.90. The van der Waals surface area contributed by atoms with Crippen LogP contribution in [-0.4, -0.2) is 21.9 Å². The predicted molar refractivity (Wildman–Crippen MR) is 96.2 cm³/mol. The number of amides is 1. The summed E-state index contributed by atoms with van der Waals surface area (Å²) in [5.41, 5.74) is 3.19. The summed E-state index contributed by atoms with van der Waals surface area (Å²) in [6.07, 6.45) is 1.54. The first-order chi connectivity index (χ1) is 11.6. The Bertz CT molecular complexity index is 994. The van der Waals surface area contributed by atoms with E-state index in [0.29, 0.717) is 10.8 Å². The maximum atomic E-state index is 12.4. The summed E-state index contributed by atoms with van der Waals surface area (Å²) in [5.74, 6) is -0.477. The minimum absolute atomic E-state index is 0.153. The summed E-state index contributed by atoms with van der Waals surface area (Å²) in [6.45, 7) is 0. The number of fused-ring (bicyclic) bond motifs is 1. The van der Waals surface area contributed by atoms with E-state index in [0.717, 1.165) is 14.7 Å². The van der Waals surface area contributed by atoms with E-state index in [9.17, 15) is 9.59 Å². The van der Waals surface area contributed by atoms with Crippen LogP contribution >= 0.6 is 15.9 Å². The van der Waals surface area contributed by atoms with Gasteiger partial charge in [0.25, 0.3) is 11.5 Å². The van der Waals surface area contributed by atoms with Crippen LogP contribution in [0.1, 0.15) is 16.1 Å². The van der Waals surface area contributed by atoms with Gasteiger partial charge in [0.15, 0.2) is 5.69 Å². The summed E-state index contributed by atoms with van der Waals surface area (Å²) in [4.78, 5) is 24.4. The number of halogens is 1. The van der Waals surface area contributed by atoms with Crippen LogP contribution in [0.25, 0.3) is 10.8 Å². The van der Waals surface area contributed by atoms with E-state index in [-0.39, 0.29) is 11.3 Å². The molecule has 1 heterocycles. The fourth-order valence-corrected chi connectivity index (χ4v) is 2.50. The van der Waals surface area contributed by atoms with E-state index < -0.39 is 5.91 Å². The van der Waals surface area contributed by atoms with Gasteiger partial charge in [-0.3, -0.25) is 9.59 Å². The Morgan fingerprint density at radius 1 is 1.17 bits per heavy atom. The number of benzene rings is 2. The number of rotatable bonds is 3. The fourth-order valence-electron chi connectivity index (χ4n) is 2.23. The number of carbonyl (C=O) groups excluding carboxylic acids is 1. The molecular formula is C17H13BrN4O2. The van der Waals surface area contributed by atoms with Gasteiger partial charge in [-0.05, 0) is 23.8 Å². The number of aromatic nitrogens is 2. The molecule has 1 aromatic heterocycles. The van der Waals surface area contributed by atoms with E-state index in [1.54, 1.807) is 24.3 Å². The highest BCUT2D eigenvalue weighted by atomic mass is 79.9. The van der Waals surface area contributed by atoms with Crippen molar-refractivity contribution in [3.05, 3.63) is 74.6 Å². The molecule has 1 N–H and O–H groups in total. The van der Waals surface area contributed by atoms with Crippen molar-refractivity contribution in [3.8, 4) is 0 Å². The second-order valence-electron chi connectivity index (χ2n) is 5.07. The molecule has 0 spiro atoms. The number of carbonyl (C=O) groups is 1. The maximum absolute atomic E-state index is 12.4. The molecule has 6 nitrogen and oxygen atoms in total. The quantitative estimate of drug-likeness (QED) is 0.556. The van der Waals surface area contributed by atoms with E-state index in [4.69, 9.17) is 0 Å². The Morgan fingerprint density at radius 2 is 1.83 bits per heavy atom. The number of hydrogen-bond acceptors (Lipinski definition) is 4. The third-order valence-corrected chi connectivity index (χ3v) is 3.95. The lowest BCUT2D eigenvalue weighted by Crippen LogP contribution is -2.27. The molecule has 0 aliphatic heterocycles. The molecule has 1 amide bonds. The standard InChI is InChI=1S/C17H13BrN4O2/c1-22-17(24)14-5-3-2-4-13(14)15(21-22)16(23)20-19-10-11-6-8-12(18)9-7-11/h2-10H,1H3,(H,20,23)/b19-10+. The van der Waals surface area contributed by atoms with Crippen LogP contribution in [0.3, 0.4) is 0 Å². The van der Waals surface area contributed by atoms with Gasteiger partial charge < -0.3 is 0 Å². The molecule has 3 rings (SSSR count). The SMILES string of the molecule is Cn1nc(C(=O)N/N=C/c2ccc(Br)cc2)c2ccccc2c1=O. The molecule has 0 aliphatic carbocycles. The Balaban J connectivity index is 1.88. The average Bonchev–Trinajstić information content (AvgIpc) is 2.60. The number of hydrogen-bond donors (Lipinski definition) is 1. The van der Waals surface area contributed by atoms with Crippen molar-refractivity contribution >= 4 is 38.8 Å². The molecular weight excluding hydrogens is 372 g/mol. The maximum Gasteiger partial charge on any atom is 0.292 e. The van der Waals surface area contributed by atoms with Gasteiger partial charge in [0.2, 0.25) is 0 Å². The summed E-state index contributed by atoms with van der Waals surface area (Å²) in [6, 6.07) is 14.3. The second-order valence-corrected chi connectivity index (χ2v) is 5.99. The lowest BCUT2D eigenvalue weighted by Gasteiger charge is -2.06. The van der Waals surface area contributed by atoms with Crippen molar-refractivity contribution in [2.75, 3.05) is 0 Å². The molecule has 3 aromatic rings. The smallest absolute Gasteiger partial charge is 0.267 e. The van der Waals surface area contributed by atoms with Gasteiger partial charge >= 0.3 is 0 Å². The minimum Gasteiger partial charge on any atom is -0.267 e. The molecule has 120 valence electrons. The molecule has 0 bridgehead atoms. The minimum atomic E-state index is -0.477. The van der Waals surface area contributed by atoms with Crippen LogP contribution in [-0.2, 0) is 7.05 Å². The summed E-state index contributed by atoms with van der Waals surface area (Å²) in [5, 5.41) is 8.93. The van der Waals surface area contributed by atoms with E-state index in [1.807, 2.05) is 24.3 Å². The van der Waals surface area contributed by atoms with Gasteiger partial charge in [-0.15, -0.1) is 0 Å². The van der Waals surface area contributed by atoms with E-state index >= 15 is 0 Å². The van der Waals surface area contributed by atoms with Gasteiger partial charge in [-0.2, -0.15) is 10.2 Å². The van der Waals surface area contributed by atoms with Crippen molar-refractivity contribution < 1.29 is 4.79 Å². The van der Waals surface area contributed by atoms with Gasteiger partial charge in [0.05, 0.1) is 11.6 Å². The molecule has 0 unspecified atom stereocenters. The average molecular weight is 385 g/mol. The van der Waals surface area contributed by atoms with Crippen molar-refractivity contribution in [2.45, 2.75) is 0 Å². The highest BCUT2D eigenvalue weighted by molar-refractivity contribution is 9.10. The number of nitrogens with zero attached hydrogens (tertiary/aromatic N) is 3. The van der Waals surface area contributed by atoms with Crippen LogP contribution in [0.15, 0.2) is 62.9 Å². The normalized spacial score (nSPS) is 11.1. The molecule has 0 atom stereocenters. The number of hydrazone groups is 1. The first kappa shape index (κ1) is 16.1. The van der Waals surface area contributed by atoms with E-state index in [1.165, 1.54) is 13.3 Å². The molecule has 24 heavy (non-hydrogen) atoms.